The van der Waals surface area contributed by atoms with Gasteiger partial charge in [0.1, 0.15) is 28.9 Å². The zero-order valence-electron chi connectivity index (χ0n) is 14.3. The van der Waals surface area contributed by atoms with E-state index in [1.165, 1.54) is 7.05 Å². The van der Waals surface area contributed by atoms with Crippen molar-refractivity contribution in [2.75, 3.05) is 0 Å². The topological polar surface area (TPSA) is 99.6 Å². The van der Waals surface area contributed by atoms with Crippen molar-refractivity contribution in [1.29, 1.82) is 0 Å². The summed E-state index contributed by atoms with van der Waals surface area (Å²) in [5.41, 5.74) is -0.670. The quantitative estimate of drug-likeness (QED) is 0.567. The number of alkyl halides is 2. The zero-order valence-corrected chi connectivity index (χ0v) is 15.8. The van der Waals surface area contributed by atoms with Crippen molar-refractivity contribution in [2.45, 2.75) is 13.2 Å². The van der Waals surface area contributed by atoms with Crippen molar-refractivity contribution in [2.24, 2.45) is 7.05 Å². The van der Waals surface area contributed by atoms with Crippen molar-refractivity contribution in [3.8, 4) is 22.9 Å². The van der Waals surface area contributed by atoms with Gasteiger partial charge < -0.3 is 19.1 Å². The molecule has 8 nitrogen and oxygen atoms in total. The molecule has 0 saturated heterocycles. The fraction of sp³-hybridized carbons (Fsp3) is 0.188. The van der Waals surface area contributed by atoms with Crippen LogP contribution in [0, 0.1) is 5.82 Å². The van der Waals surface area contributed by atoms with Crippen LogP contribution in [0.5, 0.6) is 11.6 Å². The molecular formula is C16H10Cl2F3N3O5. The van der Waals surface area contributed by atoms with Gasteiger partial charge in [0.05, 0.1) is 5.02 Å². The number of halogens is 5. The van der Waals surface area contributed by atoms with E-state index >= 15 is 0 Å². The predicted molar refractivity (Wildman–Crippen MR) is 93.0 cm³/mol. The summed E-state index contributed by atoms with van der Waals surface area (Å²) in [6, 6.07) is 3.23. The van der Waals surface area contributed by atoms with E-state index in [-0.39, 0.29) is 45.1 Å². The first-order valence-electron chi connectivity index (χ1n) is 7.65. The first-order chi connectivity index (χ1) is 13.7. The molecule has 0 amide bonds. The van der Waals surface area contributed by atoms with Crippen LogP contribution >= 0.6 is 23.2 Å². The maximum atomic E-state index is 14.4. The SMILES string of the molecule is Cn1nc(-c2cc(OCc3cc(C(=O)O)no3)c(Cl)cc2F)c(Cl)c1OC(F)F. The van der Waals surface area contributed by atoms with Gasteiger partial charge in [-0.15, -0.1) is 0 Å². The van der Waals surface area contributed by atoms with E-state index in [2.05, 4.69) is 15.0 Å². The highest BCUT2D eigenvalue weighted by Crippen LogP contribution is 2.40. The summed E-state index contributed by atoms with van der Waals surface area (Å²) in [6.45, 7) is -3.41. The summed E-state index contributed by atoms with van der Waals surface area (Å²) in [5.74, 6) is -2.51. The number of aromatic nitrogens is 3. The smallest absolute Gasteiger partial charge is 0.388 e. The molecule has 0 atom stereocenters. The second-order valence-corrected chi connectivity index (χ2v) is 6.29. The lowest BCUT2D eigenvalue weighted by Crippen LogP contribution is -2.06. The predicted octanol–water partition coefficient (Wildman–Crippen LogP) is 4.40. The lowest BCUT2D eigenvalue weighted by Gasteiger charge is -2.09. The normalized spacial score (nSPS) is 11.1. The van der Waals surface area contributed by atoms with Gasteiger partial charge >= 0.3 is 12.6 Å². The number of carboxylic acids is 1. The monoisotopic (exact) mass is 451 g/mol. The van der Waals surface area contributed by atoms with Crippen LogP contribution in [0.25, 0.3) is 11.3 Å². The van der Waals surface area contributed by atoms with Crippen molar-refractivity contribution in [1.82, 2.24) is 14.9 Å². The van der Waals surface area contributed by atoms with Gasteiger partial charge in [0.2, 0.25) is 5.88 Å². The Bertz CT molecular complexity index is 1070. The molecule has 0 aliphatic rings. The van der Waals surface area contributed by atoms with Gasteiger partial charge in [0.25, 0.3) is 0 Å². The molecule has 2 heterocycles. The Morgan fingerprint density at radius 2 is 2.07 bits per heavy atom. The van der Waals surface area contributed by atoms with Crippen LogP contribution in [-0.4, -0.2) is 32.6 Å². The van der Waals surface area contributed by atoms with Crippen molar-refractivity contribution < 1.29 is 37.1 Å². The molecule has 13 heteroatoms. The molecule has 1 N–H and O–H groups in total. The molecule has 2 aromatic heterocycles. The number of aromatic carboxylic acids is 1. The summed E-state index contributed by atoms with van der Waals surface area (Å²) in [4.78, 5) is 10.8. The molecule has 0 bridgehead atoms. The Balaban J connectivity index is 1.90. The first kappa shape index (κ1) is 20.8. The second kappa shape index (κ2) is 8.21. The minimum atomic E-state index is -3.15. The van der Waals surface area contributed by atoms with Crippen molar-refractivity contribution in [3.63, 3.8) is 0 Å². The molecule has 154 valence electrons. The average molecular weight is 452 g/mol. The molecule has 3 aromatic rings. The maximum absolute atomic E-state index is 14.4. The summed E-state index contributed by atoms with van der Waals surface area (Å²) < 4.78 is 54.9. The molecule has 29 heavy (non-hydrogen) atoms. The van der Waals surface area contributed by atoms with Gasteiger partial charge in [0.15, 0.2) is 11.5 Å². The molecule has 3 rings (SSSR count). The summed E-state index contributed by atoms with van der Waals surface area (Å²) in [7, 11) is 1.29. The minimum Gasteiger partial charge on any atom is -0.484 e. The Morgan fingerprint density at radius 3 is 2.69 bits per heavy atom. The van der Waals surface area contributed by atoms with E-state index in [1.54, 1.807) is 0 Å². The van der Waals surface area contributed by atoms with E-state index in [4.69, 9.17) is 37.6 Å². The third-order valence-electron chi connectivity index (χ3n) is 3.56. The number of nitrogens with zero attached hydrogens (tertiary/aromatic N) is 3. The lowest BCUT2D eigenvalue weighted by molar-refractivity contribution is -0.0552. The van der Waals surface area contributed by atoms with Gasteiger partial charge in [-0.2, -0.15) is 13.9 Å². The molecule has 0 aliphatic carbocycles. The van der Waals surface area contributed by atoms with Gasteiger partial charge in [-0.25, -0.2) is 13.9 Å². The number of ether oxygens (including phenoxy) is 2. The Morgan fingerprint density at radius 1 is 1.34 bits per heavy atom. The van der Waals surface area contributed by atoms with Gasteiger partial charge in [0, 0.05) is 18.7 Å². The number of aryl methyl sites for hydroxylation is 1. The zero-order chi connectivity index (χ0) is 21.3. The Kier molecular flexibility index (Phi) is 5.89. The number of carbonyl (C=O) groups is 1. The highest BCUT2D eigenvalue weighted by molar-refractivity contribution is 6.34. The molecule has 0 saturated carbocycles. The Hall–Kier alpha value is -2.92. The number of hydrogen-bond donors (Lipinski definition) is 1. The van der Waals surface area contributed by atoms with Crippen molar-refractivity contribution in [3.05, 3.63) is 45.5 Å². The number of benzene rings is 1. The van der Waals surface area contributed by atoms with E-state index < -0.39 is 24.3 Å². The minimum absolute atomic E-state index is 0.0191. The van der Waals surface area contributed by atoms with Crippen LogP contribution in [-0.2, 0) is 13.7 Å². The number of rotatable bonds is 7. The second-order valence-electron chi connectivity index (χ2n) is 5.50. The van der Waals surface area contributed by atoms with Crippen LogP contribution in [0.3, 0.4) is 0 Å². The highest BCUT2D eigenvalue weighted by Gasteiger charge is 2.24. The number of hydrogen-bond acceptors (Lipinski definition) is 6. The fourth-order valence-electron chi connectivity index (χ4n) is 2.32. The largest absolute Gasteiger partial charge is 0.484 e. The molecule has 0 spiro atoms. The van der Waals surface area contributed by atoms with E-state index in [1.807, 2.05) is 0 Å². The highest BCUT2D eigenvalue weighted by atomic mass is 35.5. The third-order valence-corrected chi connectivity index (χ3v) is 4.20. The van der Waals surface area contributed by atoms with Crippen LogP contribution in [0.2, 0.25) is 10.0 Å². The molecule has 0 unspecified atom stereocenters. The molecule has 0 radical (unpaired) electrons. The van der Waals surface area contributed by atoms with Gasteiger partial charge in [-0.3, -0.25) is 0 Å². The standard InChI is InChI=1S/C16H10Cl2F3N3O5/c1-24-14(28-16(20)21)12(18)13(22-24)7-3-11(8(17)4-9(7)19)27-5-6-2-10(15(25)26)23-29-6/h2-4,16H,5H2,1H3,(H,25,26). The fourth-order valence-corrected chi connectivity index (χ4v) is 2.83. The summed E-state index contributed by atoms with van der Waals surface area (Å²) in [6.07, 6.45) is 0. The molecular weight excluding hydrogens is 442 g/mol. The molecule has 1 aromatic carbocycles. The number of carboxylic acid groups (broad SMARTS) is 1. The molecule has 0 aliphatic heterocycles. The van der Waals surface area contributed by atoms with Gasteiger partial charge in [-0.05, 0) is 12.1 Å². The third kappa shape index (κ3) is 4.40. The van der Waals surface area contributed by atoms with E-state index in [9.17, 15) is 18.0 Å². The average Bonchev–Trinajstić information content (AvgIpc) is 3.21. The maximum Gasteiger partial charge on any atom is 0.388 e. The Labute approximate surface area is 170 Å². The molecule has 0 fully saturated rings. The van der Waals surface area contributed by atoms with Crippen LogP contribution < -0.4 is 9.47 Å². The van der Waals surface area contributed by atoms with Crippen LogP contribution in [0.4, 0.5) is 13.2 Å². The van der Waals surface area contributed by atoms with E-state index in [0.29, 0.717) is 0 Å². The van der Waals surface area contributed by atoms with Gasteiger partial charge in [-0.1, -0.05) is 28.4 Å². The lowest BCUT2D eigenvalue weighted by atomic mass is 10.1. The van der Waals surface area contributed by atoms with Crippen LogP contribution in [0.15, 0.2) is 22.7 Å². The van der Waals surface area contributed by atoms with Crippen LogP contribution in [0.1, 0.15) is 16.2 Å². The van der Waals surface area contributed by atoms with E-state index in [0.717, 1.165) is 22.9 Å². The van der Waals surface area contributed by atoms with Crippen molar-refractivity contribution >= 4 is 29.2 Å². The summed E-state index contributed by atoms with van der Waals surface area (Å²) in [5, 5.41) is 15.6. The first-order valence-corrected chi connectivity index (χ1v) is 8.41. The summed E-state index contributed by atoms with van der Waals surface area (Å²) >= 11 is 12.0.